The van der Waals surface area contributed by atoms with E-state index in [1.54, 1.807) is 0 Å². The van der Waals surface area contributed by atoms with Gasteiger partial charge in [0, 0.05) is 30.1 Å². The Balaban J connectivity index is 1.58. The van der Waals surface area contributed by atoms with E-state index >= 15 is 0 Å². The zero-order chi connectivity index (χ0) is 17.3. The van der Waals surface area contributed by atoms with Gasteiger partial charge in [-0.3, -0.25) is 9.48 Å². The number of hydrogen-bond donors (Lipinski definition) is 1. The summed E-state index contributed by atoms with van der Waals surface area (Å²) in [7, 11) is 1.92. The molecule has 1 aromatic carbocycles. The molecule has 1 N–H and O–H groups in total. The number of ether oxygens (including phenoxy) is 1. The Bertz CT molecular complexity index is 890. The van der Waals surface area contributed by atoms with Crippen LogP contribution in [0.4, 0.5) is 0 Å². The second kappa shape index (κ2) is 6.51. The van der Waals surface area contributed by atoms with Crippen molar-refractivity contribution in [3.05, 3.63) is 52.5 Å². The van der Waals surface area contributed by atoms with Crippen molar-refractivity contribution in [2.75, 3.05) is 0 Å². The van der Waals surface area contributed by atoms with Gasteiger partial charge >= 0.3 is 5.97 Å². The summed E-state index contributed by atoms with van der Waals surface area (Å²) in [6.45, 7) is 6.34. The fourth-order valence-corrected chi connectivity index (χ4v) is 3.08. The molecule has 0 radical (unpaired) electrons. The number of aromatic amines is 1. The average molecular weight is 325 g/mol. The molecule has 3 aromatic rings. The van der Waals surface area contributed by atoms with Crippen molar-refractivity contribution in [2.24, 2.45) is 7.05 Å². The number of carbonyl (C=O) groups excluding carboxylic acids is 1. The van der Waals surface area contributed by atoms with Crippen LogP contribution in [0.3, 0.4) is 0 Å². The lowest BCUT2D eigenvalue weighted by Crippen LogP contribution is -2.07. The van der Waals surface area contributed by atoms with Crippen LogP contribution >= 0.6 is 0 Å². The van der Waals surface area contributed by atoms with Gasteiger partial charge in [-0.1, -0.05) is 12.1 Å². The third-order valence-electron chi connectivity index (χ3n) is 4.56. The van der Waals surface area contributed by atoms with Crippen molar-refractivity contribution < 1.29 is 9.53 Å². The molecule has 5 nitrogen and oxygen atoms in total. The van der Waals surface area contributed by atoms with Crippen LogP contribution < -0.4 is 0 Å². The first kappa shape index (κ1) is 16.3. The van der Waals surface area contributed by atoms with Crippen molar-refractivity contribution in [3.63, 3.8) is 0 Å². The Hall–Kier alpha value is -2.56. The second-order valence-electron chi connectivity index (χ2n) is 6.26. The fourth-order valence-electron chi connectivity index (χ4n) is 3.08. The first-order valence-electron chi connectivity index (χ1n) is 8.17. The molecule has 0 aliphatic heterocycles. The van der Waals surface area contributed by atoms with E-state index in [0.717, 1.165) is 28.2 Å². The van der Waals surface area contributed by atoms with Crippen molar-refractivity contribution in [2.45, 2.75) is 40.2 Å². The number of aromatic nitrogens is 3. The maximum atomic E-state index is 12.0. The summed E-state index contributed by atoms with van der Waals surface area (Å²) in [6.07, 6.45) is 1.03. The normalized spacial score (nSPS) is 11.2. The molecule has 0 fully saturated rings. The highest BCUT2D eigenvalue weighted by Gasteiger charge is 2.12. The molecule has 0 amide bonds. The van der Waals surface area contributed by atoms with Crippen LogP contribution in [0.1, 0.15) is 34.6 Å². The van der Waals surface area contributed by atoms with E-state index < -0.39 is 0 Å². The van der Waals surface area contributed by atoms with Crippen LogP contribution in [0, 0.1) is 20.8 Å². The smallest absolute Gasteiger partial charge is 0.306 e. The Morgan fingerprint density at radius 1 is 1.29 bits per heavy atom. The number of H-pyrrole nitrogens is 1. The van der Waals surface area contributed by atoms with Gasteiger partial charge in [-0.05, 0) is 50.5 Å². The predicted molar refractivity (Wildman–Crippen MR) is 93.8 cm³/mol. The molecule has 2 heterocycles. The van der Waals surface area contributed by atoms with Crippen LogP contribution in [0.5, 0.6) is 0 Å². The van der Waals surface area contributed by atoms with Gasteiger partial charge in [0.2, 0.25) is 0 Å². The molecule has 126 valence electrons. The minimum atomic E-state index is -0.187. The summed E-state index contributed by atoms with van der Waals surface area (Å²) in [5, 5.41) is 5.55. The number of esters is 1. The molecule has 2 aromatic heterocycles. The molecule has 0 aliphatic rings. The van der Waals surface area contributed by atoms with E-state index in [9.17, 15) is 4.79 Å². The summed E-state index contributed by atoms with van der Waals surface area (Å²) < 4.78 is 7.26. The van der Waals surface area contributed by atoms with Crippen LogP contribution in [-0.4, -0.2) is 20.7 Å². The molecule has 5 heteroatoms. The Morgan fingerprint density at radius 3 is 2.75 bits per heavy atom. The molecular weight excluding hydrogens is 302 g/mol. The fraction of sp³-hybridized carbons (Fsp3) is 0.368. The number of carbonyl (C=O) groups is 1. The maximum absolute atomic E-state index is 12.0. The van der Waals surface area contributed by atoms with Crippen molar-refractivity contribution >= 4 is 16.9 Å². The number of aryl methyl sites for hydroxylation is 3. The van der Waals surface area contributed by atoms with Gasteiger partial charge in [0.25, 0.3) is 0 Å². The number of benzene rings is 1. The Morgan fingerprint density at radius 2 is 2.08 bits per heavy atom. The number of nitrogens with one attached hydrogen (secondary N) is 1. The molecule has 0 atom stereocenters. The molecule has 0 spiro atoms. The molecular formula is C19H23N3O2. The third kappa shape index (κ3) is 3.20. The summed E-state index contributed by atoms with van der Waals surface area (Å²) >= 11 is 0. The van der Waals surface area contributed by atoms with E-state index in [4.69, 9.17) is 4.74 Å². The van der Waals surface area contributed by atoms with Crippen LogP contribution in [0.15, 0.2) is 24.3 Å². The van der Waals surface area contributed by atoms with Gasteiger partial charge in [0.1, 0.15) is 6.61 Å². The van der Waals surface area contributed by atoms with Gasteiger partial charge in [-0.2, -0.15) is 5.10 Å². The molecule has 3 rings (SSSR count). The standard InChI is InChI=1S/C19H23N3O2/c1-12-6-5-7-18-17(12)10-15(20-18)11-24-19(23)9-8-16-13(2)21-22(4)14(16)3/h5-7,10,20H,8-9,11H2,1-4H3. The lowest BCUT2D eigenvalue weighted by atomic mass is 10.1. The molecule has 0 bridgehead atoms. The van der Waals surface area contributed by atoms with Crippen LogP contribution in [0.25, 0.3) is 10.9 Å². The quantitative estimate of drug-likeness (QED) is 0.730. The lowest BCUT2D eigenvalue weighted by Gasteiger charge is -2.04. The van der Waals surface area contributed by atoms with E-state index in [1.807, 2.05) is 43.8 Å². The van der Waals surface area contributed by atoms with E-state index in [2.05, 4.69) is 23.1 Å². The summed E-state index contributed by atoms with van der Waals surface area (Å²) in [5.41, 5.74) is 6.42. The van der Waals surface area contributed by atoms with Crippen LogP contribution in [0.2, 0.25) is 0 Å². The predicted octanol–water partition coefficient (Wildman–Crippen LogP) is 3.50. The van der Waals surface area contributed by atoms with Gasteiger partial charge in [0.05, 0.1) is 11.4 Å². The third-order valence-corrected chi connectivity index (χ3v) is 4.56. The topological polar surface area (TPSA) is 59.9 Å². The van der Waals surface area contributed by atoms with Gasteiger partial charge in [0.15, 0.2) is 0 Å². The number of nitrogens with zero attached hydrogens (tertiary/aromatic N) is 2. The number of fused-ring (bicyclic) bond motifs is 1. The minimum Gasteiger partial charge on any atom is -0.459 e. The molecule has 0 saturated carbocycles. The second-order valence-corrected chi connectivity index (χ2v) is 6.26. The monoisotopic (exact) mass is 325 g/mol. The highest BCUT2D eigenvalue weighted by molar-refractivity contribution is 5.83. The molecule has 24 heavy (non-hydrogen) atoms. The van der Waals surface area contributed by atoms with E-state index in [0.29, 0.717) is 12.8 Å². The molecule has 0 saturated heterocycles. The molecule has 0 unspecified atom stereocenters. The Labute approximate surface area is 141 Å². The zero-order valence-corrected chi connectivity index (χ0v) is 14.6. The Kier molecular flexibility index (Phi) is 4.42. The minimum absolute atomic E-state index is 0.187. The first-order valence-corrected chi connectivity index (χ1v) is 8.17. The highest BCUT2D eigenvalue weighted by Crippen LogP contribution is 2.20. The first-order chi connectivity index (χ1) is 11.5. The van der Waals surface area contributed by atoms with Crippen molar-refractivity contribution in [1.82, 2.24) is 14.8 Å². The number of rotatable bonds is 5. The SMILES string of the molecule is Cc1nn(C)c(C)c1CCC(=O)OCc1cc2c(C)cccc2[nH]1. The molecule has 0 aliphatic carbocycles. The highest BCUT2D eigenvalue weighted by atomic mass is 16.5. The van der Waals surface area contributed by atoms with E-state index in [-0.39, 0.29) is 12.6 Å². The average Bonchev–Trinajstić information content (AvgIpc) is 3.06. The summed E-state index contributed by atoms with van der Waals surface area (Å²) in [4.78, 5) is 15.3. The number of hydrogen-bond acceptors (Lipinski definition) is 3. The van der Waals surface area contributed by atoms with Gasteiger partial charge in [-0.25, -0.2) is 0 Å². The van der Waals surface area contributed by atoms with Gasteiger partial charge < -0.3 is 9.72 Å². The van der Waals surface area contributed by atoms with Crippen LogP contribution in [-0.2, 0) is 29.6 Å². The maximum Gasteiger partial charge on any atom is 0.306 e. The van der Waals surface area contributed by atoms with Gasteiger partial charge in [-0.15, -0.1) is 0 Å². The summed E-state index contributed by atoms with van der Waals surface area (Å²) in [5.74, 6) is -0.187. The largest absolute Gasteiger partial charge is 0.459 e. The summed E-state index contributed by atoms with van der Waals surface area (Å²) in [6, 6.07) is 8.17. The van der Waals surface area contributed by atoms with Crippen molar-refractivity contribution in [1.29, 1.82) is 0 Å². The lowest BCUT2D eigenvalue weighted by molar-refractivity contribution is -0.145. The van der Waals surface area contributed by atoms with E-state index in [1.165, 1.54) is 10.9 Å². The van der Waals surface area contributed by atoms with Crippen molar-refractivity contribution in [3.8, 4) is 0 Å². The zero-order valence-electron chi connectivity index (χ0n) is 14.6.